The van der Waals surface area contributed by atoms with Crippen LogP contribution in [0.15, 0.2) is 78.9 Å². The molecule has 2 saturated carbocycles. The normalized spacial score (nSPS) is 33.7. The van der Waals surface area contributed by atoms with Crippen molar-refractivity contribution in [3.63, 3.8) is 0 Å². The molecule has 7 unspecified atom stereocenters. The minimum atomic E-state index is -1.43. The fourth-order valence-electron chi connectivity index (χ4n) is 7.00. The number of rotatable bonds is 3. The predicted molar refractivity (Wildman–Crippen MR) is 143 cm³/mol. The molecular formula is C28H38Cl2SiZr. The van der Waals surface area contributed by atoms with Crippen molar-refractivity contribution in [2.75, 3.05) is 0 Å². The van der Waals surface area contributed by atoms with E-state index >= 15 is 0 Å². The van der Waals surface area contributed by atoms with Crippen molar-refractivity contribution in [2.24, 2.45) is 23.7 Å². The van der Waals surface area contributed by atoms with Crippen LogP contribution < -0.4 is 0 Å². The van der Waals surface area contributed by atoms with Gasteiger partial charge in [0.15, 0.2) is 0 Å². The number of benzene rings is 1. The van der Waals surface area contributed by atoms with Crippen LogP contribution in [0.3, 0.4) is 0 Å². The second kappa shape index (κ2) is 12.5. The SMILES string of the molecule is C[Si](C)(C1CCC2C=CC=CC21)C1CC2C=CC=CC2C1c1ccccc1.[CH3-].[CH3-].[Cl][Zr+2][Cl]. The summed E-state index contributed by atoms with van der Waals surface area (Å²) in [6, 6.07) is 11.5. The van der Waals surface area contributed by atoms with Gasteiger partial charge in [0, 0.05) is 0 Å². The van der Waals surface area contributed by atoms with E-state index in [1.54, 1.807) is 5.56 Å². The van der Waals surface area contributed by atoms with Gasteiger partial charge in [-0.15, -0.1) is 0 Å². The number of halogens is 2. The van der Waals surface area contributed by atoms with E-state index in [1.165, 1.54) is 19.3 Å². The molecule has 5 rings (SSSR count). The van der Waals surface area contributed by atoms with Gasteiger partial charge in [0.2, 0.25) is 0 Å². The third-order valence-corrected chi connectivity index (χ3v) is 13.4. The summed E-state index contributed by atoms with van der Waals surface area (Å²) in [5.41, 5.74) is 3.41. The third kappa shape index (κ3) is 5.56. The van der Waals surface area contributed by atoms with E-state index < -0.39 is 28.9 Å². The van der Waals surface area contributed by atoms with Gasteiger partial charge in [-0.25, -0.2) is 0 Å². The third-order valence-electron chi connectivity index (χ3n) is 8.34. The van der Waals surface area contributed by atoms with Gasteiger partial charge in [-0.3, -0.25) is 0 Å². The minimum absolute atomic E-state index is 0. The molecule has 0 spiro atoms. The molecule has 0 heterocycles. The first-order chi connectivity index (χ1) is 14.6. The second-order valence-corrected chi connectivity index (χ2v) is 18.7. The molecule has 7 atom stereocenters. The summed E-state index contributed by atoms with van der Waals surface area (Å²) < 4.78 is 0. The molecule has 0 aromatic heterocycles. The van der Waals surface area contributed by atoms with E-state index in [9.17, 15) is 0 Å². The maximum atomic E-state index is 4.93. The Labute approximate surface area is 216 Å². The number of allylic oxidation sites excluding steroid dienone is 8. The van der Waals surface area contributed by atoms with Crippen molar-refractivity contribution in [3.05, 3.63) is 99.4 Å². The molecule has 4 aliphatic rings. The Morgan fingerprint density at radius 2 is 1.31 bits per heavy atom. The number of hydrogen-bond acceptors (Lipinski definition) is 0. The fourth-order valence-corrected chi connectivity index (χ4v) is 12.0. The molecule has 2 fully saturated rings. The molecule has 1 aromatic carbocycles. The van der Waals surface area contributed by atoms with Gasteiger partial charge in [-0.1, -0.05) is 98.5 Å². The molecule has 0 radical (unpaired) electrons. The topological polar surface area (TPSA) is 0 Å². The van der Waals surface area contributed by atoms with Crippen LogP contribution in [0.25, 0.3) is 0 Å². The summed E-state index contributed by atoms with van der Waals surface area (Å²) in [6.07, 6.45) is 23.5. The first kappa shape index (κ1) is 28.1. The van der Waals surface area contributed by atoms with E-state index in [-0.39, 0.29) is 14.9 Å². The van der Waals surface area contributed by atoms with Crippen LogP contribution in [0, 0.1) is 38.5 Å². The van der Waals surface area contributed by atoms with Crippen molar-refractivity contribution in [3.8, 4) is 0 Å². The van der Waals surface area contributed by atoms with Crippen molar-refractivity contribution >= 4 is 25.1 Å². The first-order valence-electron chi connectivity index (χ1n) is 11.3. The Morgan fingerprint density at radius 1 is 0.750 bits per heavy atom. The zero-order valence-corrected chi connectivity index (χ0v) is 24.9. The molecule has 0 N–H and O–H groups in total. The second-order valence-electron chi connectivity index (χ2n) is 9.88. The van der Waals surface area contributed by atoms with Crippen LogP contribution >= 0.6 is 17.0 Å². The molecule has 0 aliphatic heterocycles. The van der Waals surface area contributed by atoms with Crippen LogP contribution in [0.2, 0.25) is 24.2 Å². The average molecular weight is 565 g/mol. The Bertz CT molecular complexity index is 829. The summed E-state index contributed by atoms with van der Waals surface area (Å²) in [5.74, 6) is 3.78. The van der Waals surface area contributed by atoms with Crippen molar-refractivity contribution in [1.29, 1.82) is 0 Å². The molecule has 172 valence electrons. The van der Waals surface area contributed by atoms with E-state index in [2.05, 4.69) is 92.0 Å². The van der Waals surface area contributed by atoms with E-state index in [0.717, 1.165) is 28.8 Å². The monoisotopic (exact) mass is 562 g/mol. The molecular weight excluding hydrogens is 527 g/mol. The first-order valence-corrected chi connectivity index (χ1v) is 20.8. The van der Waals surface area contributed by atoms with E-state index in [1.807, 2.05) is 0 Å². The summed E-state index contributed by atoms with van der Waals surface area (Å²) in [5, 5.41) is 0. The van der Waals surface area contributed by atoms with Gasteiger partial charge >= 0.3 is 37.9 Å². The Kier molecular flexibility index (Phi) is 11.0. The summed E-state index contributed by atoms with van der Waals surface area (Å²) in [6.45, 7) is 5.47. The van der Waals surface area contributed by atoms with E-state index in [0.29, 0.717) is 11.8 Å². The maximum absolute atomic E-state index is 4.93. The van der Waals surface area contributed by atoms with Gasteiger partial charge in [0.25, 0.3) is 0 Å². The molecule has 0 nitrogen and oxygen atoms in total. The molecule has 0 saturated heterocycles. The summed E-state index contributed by atoms with van der Waals surface area (Å²) in [4.78, 5) is 0. The van der Waals surface area contributed by atoms with Gasteiger partial charge < -0.3 is 14.9 Å². The van der Waals surface area contributed by atoms with Crippen LogP contribution in [-0.2, 0) is 20.8 Å². The molecule has 4 heteroatoms. The number of fused-ring (bicyclic) bond motifs is 2. The standard InChI is InChI=1S/C26H32Si.2CH3.2ClH.Zr/c1-27(2,24-17-16-19-10-6-8-14-22(19)24)25-18-21-13-7-9-15-23(21)26(25)20-11-4-3-5-12-20;;;;;/h3-15,19,21-26H,16-18H2,1-2H3;2*1H3;2*1H;/q;2*-1;;;+4/p-2. The summed E-state index contributed by atoms with van der Waals surface area (Å²) in [7, 11) is 8.44. The van der Waals surface area contributed by atoms with Crippen molar-refractivity contribution in [2.45, 2.75) is 49.4 Å². The predicted octanol–water partition coefficient (Wildman–Crippen LogP) is 9.41. The van der Waals surface area contributed by atoms with Crippen LogP contribution in [-0.4, -0.2) is 8.07 Å². The average Bonchev–Trinajstić information content (AvgIpc) is 3.38. The Morgan fingerprint density at radius 3 is 1.97 bits per heavy atom. The van der Waals surface area contributed by atoms with Crippen molar-refractivity contribution in [1.82, 2.24) is 0 Å². The number of hydrogen-bond donors (Lipinski definition) is 0. The molecule has 32 heavy (non-hydrogen) atoms. The van der Waals surface area contributed by atoms with Crippen LogP contribution in [0.1, 0.15) is 30.7 Å². The molecule has 0 bridgehead atoms. The quantitative estimate of drug-likeness (QED) is 0.253. The zero-order chi connectivity index (χ0) is 21.1. The van der Waals surface area contributed by atoms with Gasteiger partial charge in [-0.2, -0.15) is 0 Å². The van der Waals surface area contributed by atoms with Gasteiger partial charge in [0.1, 0.15) is 0 Å². The van der Waals surface area contributed by atoms with Crippen molar-refractivity contribution < 1.29 is 20.8 Å². The van der Waals surface area contributed by atoms with Crippen LogP contribution in [0.4, 0.5) is 0 Å². The molecule has 0 amide bonds. The Hall–Kier alpha value is -0.140. The Balaban J connectivity index is 0.000000690. The fraction of sp³-hybridized carbons (Fsp3) is 0.429. The molecule has 4 aliphatic carbocycles. The van der Waals surface area contributed by atoms with E-state index in [4.69, 9.17) is 17.0 Å². The molecule has 1 aromatic rings. The van der Waals surface area contributed by atoms with Gasteiger partial charge in [-0.05, 0) is 59.1 Å². The summed E-state index contributed by atoms with van der Waals surface area (Å²) >= 11 is -0.826. The van der Waals surface area contributed by atoms with Gasteiger partial charge in [0.05, 0.1) is 8.07 Å². The van der Waals surface area contributed by atoms with Crippen LogP contribution in [0.5, 0.6) is 0 Å². The zero-order valence-electron chi connectivity index (χ0n) is 19.9.